The van der Waals surface area contributed by atoms with E-state index in [0.29, 0.717) is 0 Å². The lowest BCUT2D eigenvalue weighted by Crippen LogP contribution is -2.22. The van der Waals surface area contributed by atoms with Gasteiger partial charge in [0.15, 0.2) is 0 Å². The topological polar surface area (TPSA) is 3.24 Å². The Morgan fingerprint density at radius 1 is 1.00 bits per heavy atom. The molecule has 1 nitrogen and oxygen atoms in total. The molecule has 0 radical (unpaired) electrons. The molecule has 0 spiro atoms. The van der Waals surface area contributed by atoms with Gasteiger partial charge in [0, 0.05) is 17.9 Å². The van der Waals surface area contributed by atoms with Crippen molar-refractivity contribution in [1.82, 2.24) is 0 Å². The van der Waals surface area contributed by atoms with Crippen LogP contribution in [0.5, 0.6) is 0 Å². The molecule has 2 rings (SSSR count). The van der Waals surface area contributed by atoms with Crippen LogP contribution in [0.4, 0.5) is 5.69 Å². The van der Waals surface area contributed by atoms with Gasteiger partial charge in [-0.2, -0.15) is 0 Å². The molecule has 0 aromatic heterocycles. The molecule has 0 saturated carbocycles. The quantitative estimate of drug-likeness (QED) is 0.603. The Bertz CT molecular complexity index is 737. The Balaban J connectivity index is 2.49. The maximum absolute atomic E-state index is 3.97. The fourth-order valence-corrected chi connectivity index (χ4v) is 2.81. The van der Waals surface area contributed by atoms with Gasteiger partial charge in [0.05, 0.1) is 0 Å². The van der Waals surface area contributed by atoms with Gasteiger partial charge < -0.3 is 4.90 Å². The molecule has 0 aliphatic rings. The average Bonchev–Trinajstić information content (AvgIpc) is 2.51. The zero-order valence-electron chi connectivity index (χ0n) is 14.3. The molecule has 1 heteroatoms. The van der Waals surface area contributed by atoms with E-state index >= 15 is 0 Å². The molecule has 0 aliphatic heterocycles. The molecule has 2 aromatic rings. The first-order valence-corrected chi connectivity index (χ1v) is 7.90. The van der Waals surface area contributed by atoms with Crippen molar-refractivity contribution in [3.63, 3.8) is 0 Å². The summed E-state index contributed by atoms with van der Waals surface area (Å²) < 4.78 is 0. The van der Waals surface area contributed by atoms with Crippen LogP contribution in [0.3, 0.4) is 0 Å². The molecule has 0 bridgehead atoms. The molecule has 0 aliphatic carbocycles. The molecular weight excluding hydrogens is 278 g/mol. The molecule has 0 fully saturated rings. The van der Waals surface area contributed by atoms with E-state index in [1.54, 1.807) is 0 Å². The smallest absolute Gasteiger partial charge is 0.0481 e. The van der Waals surface area contributed by atoms with Gasteiger partial charge in [0.2, 0.25) is 0 Å². The highest BCUT2D eigenvalue weighted by atomic mass is 15.1. The number of aryl methyl sites for hydroxylation is 3. The Morgan fingerprint density at radius 3 is 2.35 bits per heavy atom. The SMILES string of the molecule is C=C/C=C(\C=C)N(Cc1cccc(C)c1)c1ccc(C)cc1C. The summed E-state index contributed by atoms with van der Waals surface area (Å²) in [7, 11) is 0. The summed E-state index contributed by atoms with van der Waals surface area (Å²) in [6.45, 7) is 15.0. The fraction of sp³-hybridized carbons (Fsp3) is 0.182. The first kappa shape index (κ1) is 16.8. The van der Waals surface area contributed by atoms with Gasteiger partial charge in [-0.05, 0) is 50.1 Å². The molecule has 0 N–H and O–H groups in total. The lowest BCUT2D eigenvalue weighted by atomic mass is 10.1. The summed E-state index contributed by atoms with van der Waals surface area (Å²) in [4.78, 5) is 2.29. The van der Waals surface area contributed by atoms with Gasteiger partial charge in [0.1, 0.15) is 0 Å². The van der Waals surface area contributed by atoms with Crippen LogP contribution in [0.1, 0.15) is 22.3 Å². The maximum Gasteiger partial charge on any atom is 0.0481 e. The minimum Gasteiger partial charge on any atom is -0.337 e. The van der Waals surface area contributed by atoms with Gasteiger partial charge in [0.25, 0.3) is 0 Å². The largest absolute Gasteiger partial charge is 0.337 e. The first-order chi connectivity index (χ1) is 11.0. The zero-order chi connectivity index (χ0) is 16.8. The highest BCUT2D eigenvalue weighted by molar-refractivity contribution is 5.60. The van der Waals surface area contributed by atoms with Gasteiger partial charge in [-0.1, -0.05) is 66.8 Å². The maximum atomic E-state index is 3.97. The number of nitrogens with zero attached hydrogens (tertiary/aromatic N) is 1. The normalized spacial score (nSPS) is 11.2. The van der Waals surface area contributed by atoms with E-state index in [0.717, 1.165) is 12.2 Å². The van der Waals surface area contributed by atoms with Crippen molar-refractivity contribution < 1.29 is 0 Å². The molecule has 0 atom stereocenters. The van der Waals surface area contributed by atoms with Crippen molar-refractivity contribution >= 4 is 5.69 Å². The molecule has 0 amide bonds. The van der Waals surface area contributed by atoms with Crippen LogP contribution in [-0.2, 0) is 6.54 Å². The van der Waals surface area contributed by atoms with Gasteiger partial charge >= 0.3 is 0 Å². The van der Waals surface area contributed by atoms with Crippen LogP contribution in [0.25, 0.3) is 0 Å². The number of allylic oxidation sites excluding steroid dienone is 3. The Kier molecular flexibility index (Phi) is 5.59. The number of rotatable bonds is 6. The van der Waals surface area contributed by atoms with Crippen LogP contribution in [0.15, 0.2) is 79.5 Å². The summed E-state index contributed by atoms with van der Waals surface area (Å²) in [5.41, 5.74) is 7.33. The molecule has 2 aromatic carbocycles. The molecule has 23 heavy (non-hydrogen) atoms. The molecular formula is C22H25N. The van der Waals surface area contributed by atoms with Crippen LogP contribution < -0.4 is 4.90 Å². The average molecular weight is 303 g/mol. The predicted molar refractivity (Wildman–Crippen MR) is 102 cm³/mol. The number of hydrogen-bond acceptors (Lipinski definition) is 1. The van der Waals surface area contributed by atoms with Crippen molar-refractivity contribution in [2.75, 3.05) is 4.90 Å². The van der Waals surface area contributed by atoms with Gasteiger partial charge in [-0.25, -0.2) is 0 Å². The highest BCUT2D eigenvalue weighted by Gasteiger charge is 2.13. The van der Waals surface area contributed by atoms with Crippen molar-refractivity contribution in [2.24, 2.45) is 0 Å². The zero-order valence-corrected chi connectivity index (χ0v) is 14.3. The fourth-order valence-electron chi connectivity index (χ4n) is 2.81. The lowest BCUT2D eigenvalue weighted by Gasteiger charge is -2.28. The van der Waals surface area contributed by atoms with Crippen LogP contribution in [-0.4, -0.2) is 0 Å². The van der Waals surface area contributed by atoms with Gasteiger partial charge in [-0.3, -0.25) is 0 Å². The van der Waals surface area contributed by atoms with Crippen LogP contribution in [0, 0.1) is 20.8 Å². The summed E-state index contributed by atoms with van der Waals surface area (Å²) in [6, 6.07) is 15.2. The third-order valence-electron chi connectivity index (χ3n) is 3.88. The molecule has 0 heterocycles. The Hall–Kier alpha value is -2.54. The molecule has 0 unspecified atom stereocenters. The third-order valence-corrected chi connectivity index (χ3v) is 3.88. The van der Waals surface area contributed by atoms with Crippen LogP contribution >= 0.6 is 0 Å². The van der Waals surface area contributed by atoms with Crippen molar-refractivity contribution in [3.05, 3.63) is 102 Å². The summed E-state index contributed by atoms with van der Waals surface area (Å²) in [6.07, 6.45) is 5.70. The third kappa shape index (κ3) is 4.23. The van der Waals surface area contributed by atoms with E-state index in [4.69, 9.17) is 0 Å². The minimum absolute atomic E-state index is 0.803. The highest BCUT2D eigenvalue weighted by Crippen LogP contribution is 2.27. The minimum atomic E-state index is 0.803. The van der Waals surface area contributed by atoms with E-state index in [1.165, 1.54) is 27.9 Å². The Labute approximate surface area is 140 Å². The first-order valence-electron chi connectivity index (χ1n) is 7.90. The van der Waals surface area contributed by atoms with E-state index < -0.39 is 0 Å². The van der Waals surface area contributed by atoms with E-state index in [1.807, 2.05) is 18.2 Å². The van der Waals surface area contributed by atoms with Gasteiger partial charge in [-0.15, -0.1) is 0 Å². The second-order valence-electron chi connectivity index (χ2n) is 5.90. The second-order valence-corrected chi connectivity index (χ2v) is 5.90. The van der Waals surface area contributed by atoms with E-state index in [2.05, 4.69) is 81.3 Å². The van der Waals surface area contributed by atoms with E-state index in [9.17, 15) is 0 Å². The summed E-state index contributed by atoms with van der Waals surface area (Å²) in [5, 5.41) is 0. The van der Waals surface area contributed by atoms with Crippen molar-refractivity contribution in [3.8, 4) is 0 Å². The standard InChI is InChI=1S/C22H25N/c1-6-9-21(7-2)23(16-20-11-8-10-17(3)15-20)22-13-12-18(4)14-19(22)5/h6-15H,1-2,16H2,3-5H3/b21-9+. The second kappa shape index (κ2) is 7.64. The predicted octanol–water partition coefficient (Wildman–Crippen LogP) is 5.87. The summed E-state index contributed by atoms with van der Waals surface area (Å²) in [5.74, 6) is 0. The Morgan fingerprint density at radius 2 is 1.74 bits per heavy atom. The molecule has 118 valence electrons. The van der Waals surface area contributed by atoms with Crippen molar-refractivity contribution in [1.29, 1.82) is 0 Å². The molecule has 0 saturated heterocycles. The monoisotopic (exact) mass is 303 g/mol. The van der Waals surface area contributed by atoms with Crippen molar-refractivity contribution in [2.45, 2.75) is 27.3 Å². The number of benzene rings is 2. The summed E-state index contributed by atoms with van der Waals surface area (Å²) >= 11 is 0. The van der Waals surface area contributed by atoms with E-state index in [-0.39, 0.29) is 0 Å². The number of hydrogen-bond donors (Lipinski definition) is 0. The number of anilines is 1. The lowest BCUT2D eigenvalue weighted by molar-refractivity contribution is 0.926. The van der Waals surface area contributed by atoms with Crippen LogP contribution in [0.2, 0.25) is 0 Å².